The van der Waals surface area contributed by atoms with Gasteiger partial charge in [-0.15, -0.1) is 11.6 Å². The number of rotatable bonds is 1. The average Bonchev–Trinajstić information content (AvgIpc) is 2.51. The van der Waals surface area contributed by atoms with Gasteiger partial charge in [-0.05, 0) is 24.3 Å². The summed E-state index contributed by atoms with van der Waals surface area (Å²) in [5.74, 6) is 6.21. The van der Waals surface area contributed by atoms with E-state index in [1.165, 1.54) is 0 Å². The van der Waals surface area contributed by atoms with E-state index in [0.717, 1.165) is 21.8 Å². The molecule has 0 amide bonds. The maximum Gasteiger partial charge on any atom is 0.197 e. The van der Waals surface area contributed by atoms with Crippen LogP contribution in [0.15, 0.2) is 53.3 Å². The molecule has 0 N–H and O–H groups in total. The van der Waals surface area contributed by atoms with E-state index in [2.05, 4.69) is 16.4 Å². The molecule has 1 heterocycles. The van der Waals surface area contributed by atoms with Crippen molar-refractivity contribution >= 4 is 33.4 Å². The molecule has 98 valence electrons. The van der Waals surface area contributed by atoms with Gasteiger partial charge in [0, 0.05) is 10.8 Å². The van der Waals surface area contributed by atoms with Crippen LogP contribution in [-0.2, 0) is 6.54 Å². The predicted molar refractivity (Wildman–Crippen MR) is 84.2 cm³/mol. The number of nitrogens with zero attached hydrogens (tertiary/aromatic N) is 1. The largest absolute Gasteiger partial charge is 0.328 e. The molecule has 0 saturated heterocycles. The molecule has 1 aromatic heterocycles. The topological polar surface area (TPSA) is 22.0 Å². The number of halogens is 1. The highest BCUT2D eigenvalue weighted by Crippen LogP contribution is 2.18. The van der Waals surface area contributed by atoms with Crippen LogP contribution < -0.4 is 5.43 Å². The van der Waals surface area contributed by atoms with Gasteiger partial charge in [0.05, 0.1) is 23.5 Å². The lowest BCUT2D eigenvalue weighted by Gasteiger charge is -2.12. The van der Waals surface area contributed by atoms with Crippen molar-refractivity contribution in [3.63, 3.8) is 0 Å². The van der Waals surface area contributed by atoms with E-state index in [0.29, 0.717) is 12.4 Å². The third kappa shape index (κ3) is 2.07. The summed E-state index contributed by atoms with van der Waals surface area (Å²) in [7, 11) is 0. The van der Waals surface area contributed by atoms with E-state index in [1.807, 2.05) is 48.5 Å². The Morgan fingerprint density at radius 1 is 0.900 bits per heavy atom. The molecule has 20 heavy (non-hydrogen) atoms. The lowest BCUT2D eigenvalue weighted by molar-refractivity contribution is 0.914. The molecule has 2 aromatic carbocycles. The van der Waals surface area contributed by atoms with Crippen molar-refractivity contribution in [3.05, 3.63) is 58.8 Å². The van der Waals surface area contributed by atoms with Gasteiger partial charge in [0.2, 0.25) is 0 Å². The fourth-order valence-electron chi connectivity index (χ4n) is 2.43. The Morgan fingerprint density at radius 2 is 1.45 bits per heavy atom. The minimum absolute atomic E-state index is 0.0674. The van der Waals surface area contributed by atoms with Crippen molar-refractivity contribution in [2.45, 2.75) is 6.54 Å². The minimum Gasteiger partial charge on any atom is -0.328 e. The zero-order valence-electron chi connectivity index (χ0n) is 10.8. The van der Waals surface area contributed by atoms with Gasteiger partial charge in [0.1, 0.15) is 0 Å². The van der Waals surface area contributed by atoms with Crippen molar-refractivity contribution < 1.29 is 0 Å². The van der Waals surface area contributed by atoms with Crippen molar-refractivity contribution in [1.82, 2.24) is 4.57 Å². The van der Waals surface area contributed by atoms with Gasteiger partial charge in [-0.2, -0.15) is 0 Å². The Balaban J connectivity index is 2.43. The number of para-hydroxylation sites is 2. The molecule has 0 radical (unpaired) electrons. The molecule has 0 aliphatic carbocycles. The third-order valence-corrected chi connectivity index (χ3v) is 3.44. The van der Waals surface area contributed by atoms with E-state index >= 15 is 0 Å². The lowest BCUT2D eigenvalue weighted by atomic mass is 10.1. The molecule has 0 fully saturated rings. The summed E-state index contributed by atoms with van der Waals surface area (Å²) in [6, 6.07) is 15.2. The maximum absolute atomic E-state index is 12.5. The van der Waals surface area contributed by atoms with E-state index in [4.69, 9.17) is 11.6 Å². The zero-order chi connectivity index (χ0) is 13.9. The second-order valence-electron chi connectivity index (χ2n) is 4.44. The molecule has 0 atom stereocenters. The fraction of sp³-hybridized carbons (Fsp3) is 0.118. The summed E-state index contributed by atoms with van der Waals surface area (Å²) in [5, 5.41) is 1.44. The summed E-state index contributed by atoms with van der Waals surface area (Å²) in [4.78, 5) is 12.5. The number of hydrogen-bond donors (Lipinski definition) is 0. The van der Waals surface area contributed by atoms with E-state index in [1.54, 1.807) is 0 Å². The Bertz CT molecular complexity index is 839. The second-order valence-corrected chi connectivity index (χ2v) is 4.70. The van der Waals surface area contributed by atoms with Gasteiger partial charge < -0.3 is 4.57 Å². The Labute approximate surface area is 121 Å². The third-order valence-electron chi connectivity index (χ3n) is 3.31. The van der Waals surface area contributed by atoms with Crippen LogP contribution in [0.2, 0.25) is 0 Å². The molecule has 0 saturated carbocycles. The predicted octanol–water partition coefficient (Wildman–Crippen LogP) is 3.40. The summed E-state index contributed by atoms with van der Waals surface area (Å²) in [6.45, 7) is 0.522. The van der Waals surface area contributed by atoms with Gasteiger partial charge in [0.15, 0.2) is 5.43 Å². The molecule has 3 rings (SSSR count). The van der Waals surface area contributed by atoms with Gasteiger partial charge in [-0.1, -0.05) is 36.1 Å². The van der Waals surface area contributed by atoms with Crippen LogP contribution >= 0.6 is 11.6 Å². The first kappa shape index (κ1) is 12.8. The van der Waals surface area contributed by atoms with Crippen LogP contribution in [0.4, 0.5) is 0 Å². The number of aromatic nitrogens is 1. The Kier molecular flexibility index (Phi) is 3.45. The Hall–Kier alpha value is -2.24. The van der Waals surface area contributed by atoms with Crippen LogP contribution in [0.25, 0.3) is 21.8 Å². The van der Waals surface area contributed by atoms with Crippen LogP contribution in [0.3, 0.4) is 0 Å². The smallest absolute Gasteiger partial charge is 0.197 e. The second kappa shape index (κ2) is 5.40. The highest BCUT2D eigenvalue weighted by atomic mass is 35.5. The first-order valence-corrected chi connectivity index (χ1v) is 6.88. The number of hydrogen-bond acceptors (Lipinski definition) is 1. The standard InChI is InChI=1S/C17H12ClNO/c18-11-5-6-12-19-15-9-3-1-7-13(15)17(20)14-8-2-4-10-16(14)19/h1-4,7-10H,11-12H2. The first-order chi connectivity index (χ1) is 9.83. The zero-order valence-corrected chi connectivity index (χ0v) is 11.5. The monoisotopic (exact) mass is 281 g/mol. The molecule has 0 aliphatic heterocycles. The number of benzene rings is 2. The lowest BCUT2D eigenvalue weighted by Crippen LogP contribution is -2.11. The van der Waals surface area contributed by atoms with Gasteiger partial charge in [-0.25, -0.2) is 0 Å². The number of alkyl halides is 1. The number of pyridine rings is 1. The molecule has 3 aromatic rings. The normalized spacial score (nSPS) is 10.4. The van der Waals surface area contributed by atoms with Gasteiger partial charge in [-0.3, -0.25) is 4.79 Å². The van der Waals surface area contributed by atoms with Gasteiger partial charge >= 0.3 is 0 Å². The summed E-state index contributed by atoms with van der Waals surface area (Å²) in [6.07, 6.45) is 0. The van der Waals surface area contributed by atoms with Crippen LogP contribution in [0.5, 0.6) is 0 Å². The molecule has 0 aliphatic rings. The minimum atomic E-state index is 0.0674. The van der Waals surface area contributed by atoms with Crippen molar-refractivity contribution in [1.29, 1.82) is 0 Å². The molecule has 0 bridgehead atoms. The molecule has 2 nitrogen and oxygen atoms in total. The molecular formula is C17H12ClNO. The molecule has 0 unspecified atom stereocenters. The maximum atomic E-state index is 12.5. The SMILES string of the molecule is O=c1c2ccccc2n(CC#CCCl)c2ccccc12. The molecule has 3 heteroatoms. The highest BCUT2D eigenvalue weighted by molar-refractivity contribution is 6.19. The van der Waals surface area contributed by atoms with Crippen LogP contribution in [0.1, 0.15) is 0 Å². The van der Waals surface area contributed by atoms with Crippen molar-refractivity contribution in [2.75, 3.05) is 5.88 Å². The first-order valence-electron chi connectivity index (χ1n) is 6.35. The highest BCUT2D eigenvalue weighted by Gasteiger charge is 2.08. The van der Waals surface area contributed by atoms with Crippen molar-refractivity contribution in [3.8, 4) is 11.8 Å². The quantitative estimate of drug-likeness (QED) is 0.381. The van der Waals surface area contributed by atoms with E-state index in [9.17, 15) is 4.79 Å². The van der Waals surface area contributed by atoms with Gasteiger partial charge in [0.25, 0.3) is 0 Å². The molecule has 0 spiro atoms. The summed E-state index contributed by atoms with van der Waals surface area (Å²) in [5.41, 5.74) is 1.87. The molecular weight excluding hydrogens is 270 g/mol. The summed E-state index contributed by atoms with van der Waals surface area (Å²) < 4.78 is 2.06. The van der Waals surface area contributed by atoms with E-state index in [-0.39, 0.29) is 5.43 Å². The van der Waals surface area contributed by atoms with Crippen LogP contribution in [-0.4, -0.2) is 10.4 Å². The Morgan fingerprint density at radius 3 is 2.00 bits per heavy atom. The number of fused-ring (bicyclic) bond motifs is 2. The van der Waals surface area contributed by atoms with Crippen molar-refractivity contribution in [2.24, 2.45) is 0 Å². The summed E-state index contributed by atoms with van der Waals surface area (Å²) >= 11 is 5.60. The van der Waals surface area contributed by atoms with E-state index < -0.39 is 0 Å². The van der Waals surface area contributed by atoms with Crippen LogP contribution in [0, 0.1) is 11.8 Å². The average molecular weight is 282 g/mol. The fourth-order valence-corrected chi connectivity index (χ4v) is 2.52.